The van der Waals surface area contributed by atoms with E-state index in [0.29, 0.717) is 0 Å². The van der Waals surface area contributed by atoms with Crippen molar-refractivity contribution in [2.45, 2.75) is 12.2 Å². The number of alkyl halides is 3. The van der Waals surface area contributed by atoms with E-state index in [9.17, 15) is 18.0 Å². The summed E-state index contributed by atoms with van der Waals surface area (Å²) in [4.78, 5) is 11.1. The summed E-state index contributed by atoms with van der Waals surface area (Å²) in [6, 6.07) is 1.72. The van der Waals surface area contributed by atoms with Crippen LogP contribution in [0.4, 0.5) is 13.2 Å². The van der Waals surface area contributed by atoms with E-state index >= 15 is 0 Å². The summed E-state index contributed by atoms with van der Waals surface area (Å²) < 4.78 is 41.6. The van der Waals surface area contributed by atoms with Crippen LogP contribution in [-0.4, -0.2) is 13.1 Å². The molecule has 0 aliphatic heterocycles. The Morgan fingerprint density at radius 2 is 2.06 bits per heavy atom. The van der Waals surface area contributed by atoms with Gasteiger partial charge < -0.3 is 10.5 Å². The lowest BCUT2D eigenvalue weighted by Gasteiger charge is -2.13. The Hall–Kier alpha value is -1.27. The average molecular weight is 268 g/mol. The smallest absolute Gasteiger partial charge is 0.417 e. The molecule has 0 saturated heterocycles. The summed E-state index contributed by atoms with van der Waals surface area (Å²) in [6.45, 7) is 0. The average Bonchev–Trinajstić information content (AvgIpc) is 2.25. The van der Waals surface area contributed by atoms with Gasteiger partial charge in [0, 0.05) is 0 Å². The van der Waals surface area contributed by atoms with Crippen LogP contribution in [0.5, 0.6) is 0 Å². The number of ether oxygens (including phenoxy) is 1. The molecule has 0 aliphatic rings. The fraction of sp³-hybridized carbons (Fsp3) is 0.300. The fourth-order valence-corrected chi connectivity index (χ4v) is 1.51. The van der Waals surface area contributed by atoms with Crippen molar-refractivity contribution < 1.29 is 22.7 Å². The molecule has 0 fully saturated rings. The molecular formula is C10H9ClF3NO2. The van der Waals surface area contributed by atoms with Gasteiger partial charge in [0.1, 0.15) is 6.04 Å². The molecule has 7 heteroatoms. The lowest BCUT2D eigenvalue weighted by atomic mass is 10.1. The summed E-state index contributed by atoms with van der Waals surface area (Å²) >= 11 is 5.48. The Kier molecular flexibility index (Phi) is 4.00. The van der Waals surface area contributed by atoms with Crippen molar-refractivity contribution in [2.24, 2.45) is 5.73 Å². The van der Waals surface area contributed by atoms with E-state index in [4.69, 9.17) is 17.3 Å². The number of hydrogen-bond acceptors (Lipinski definition) is 3. The molecule has 1 aromatic carbocycles. The monoisotopic (exact) mass is 267 g/mol. The van der Waals surface area contributed by atoms with Gasteiger partial charge in [-0.25, -0.2) is 0 Å². The number of benzene rings is 1. The summed E-state index contributed by atoms with van der Waals surface area (Å²) in [5.41, 5.74) is 4.65. The molecule has 0 saturated carbocycles. The molecule has 0 heterocycles. The third kappa shape index (κ3) is 3.10. The number of esters is 1. The molecule has 1 atom stereocenters. The van der Waals surface area contributed by atoms with Crippen LogP contribution in [0.2, 0.25) is 5.02 Å². The fourth-order valence-electron chi connectivity index (χ4n) is 1.22. The Morgan fingerprint density at radius 3 is 2.47 bits per heavy atom. The van der Waals surface area contributed by atoms with Crippen LogP contribution in [0.3, 0.4) is 0 Å². The zero-order valence-corrected chi connectivity index (χ0v) is 9.47. The molecule has 1 aromatic rings. The molecule has 0 aliphatic carbocycles. The van der Waals surface area contributed by atoms with Crippen LogP contribution in [-0.2, 0) is 15.7 Å². The number of methoxy groups -OCH3 is 1. The van der Waals surface area contributed by atoms with Gasteiger partial charge in [0.2, 0.25) is 0 Å². The molecule has 1 rings (SSSR count). The van der Waals surface area contributed by atoms with E-state index in [0.717, 1.165) is 25.3 Å². The van der Waals surface area contributed by atoms with Gasteiger partial charge in [-0.2, -0.15) is 13.2 Å². The van der Waals surface area contributed by atoms with Crippen molar-refractivity contribution in [2.75, 3.05) is 7.11 Å². The van der Waals surface area contributed by atoms with Crippen LogP contribution < -0.4 is 5.73 Å². The zero-order chi connectivity index (χ0) is 13.2. The van der Waals surface area contributed by atoms with Crippen molar-refractivity contribution >= 4 is 17.6 Å². The van der Waals surface area contributed by atoms with Gasteiger partial charge in [0.05, 0.1) is 17.7 Å². The molecular weight excluding hydrogens is 259 g/mol. The second-order valence-electron chi connectivity index (χ2n) is 3.24. The summed E-state index contributed by atoms with van der Waals surface area (Å²) in [5.74, 6) is -0.749. The van der Waals surface area contributed by atoms with Crippen LogP contribution in [0.1, 0.15) is 17.2 Å². The number of nitrogens with two attached hydrogens (primary N) is 1. The van der Waals surface area contributed by atoms with E-state index in [1.165, 1.54) is 0 Å². The highest BCUT2D eigenvalue weighted by atomic mass is 35.5. The lowest BCUT2D eigenvalue weighted by molar-refractivity contribution is -0.142. The molecule has 94 valence electrons. The molecule has 2 N–H and O–H groups in total. The highest BCUT2D eigenvalue weighted by Crippen LogP contribution is 2.35. The normalized spacial score (nSPS) is 13.3. The van der Waals surface area contributed by atoms with Crippen LogP contribution in [0.25, 0.3) is 0 Å². The van der Waals surface area contributed by atoms with E-state index < -0.39 is 28.8 Å². The summed E-state index contributed by atoms with van der Waals surface area (Å²) in [5, 5.41) is -0.505. The van der Waals surface area contributed by atoms with Crippen molar-refractivity contribution in [1.82, 2.24) is 0 Å². The van der Waals surface area contributed by atoms with Crippen molar-refractivity contribution in [3.8, 4) is 0 Å². The number of rotatable bonds is 2. The van der Waals surface area contributed by atoms with Gasteiger partial charge in [0.15, 0.2) is 0 Å². The van der Waals surface area contributed by atoms with Crippen LogP contribution >= 0.6 is 11.6 Å². The summed E-state index contributed by atoms with van der Waals surface area (Å²) in [7, 11) is 1.13. The first-order valence-corrected chi connectivity index (χ1v) is 4.85. The molecule has 17 heavy (non-hydrogen) atoms. The van der Waals surface area contributed by atoms with Gasteiger partial charge in [-0.15, -0.1) is 0 Å². The Bertz CT molecular complexity index is 434. The second-order valence-corrected chi connectivity index (χ2v) is 3.65. The van der Waals surface area contributed by atoms with Gasteiger partial charge in [-0.05, 0) is 17.7 Å². The maximum atomic E-state index is 12.4. The molecule has 0 spiro atoms. The van der Waals surface area contributed by atoms with Gasteiger partial charge >= 0.3 is 12.1 Å². The topological polar surface area (TPSA) is 52.3 Å². The minimum atomic E-state index is -4.54. The molecule has 0 radical (unpaired) electrons. The predicted octanol–water partition coefficient (Wildman–Crippen LogP) is 2.53. The van der Waals surface area contributed by atoms with E-state index in [2.05, 4.69) is 4.74 Å². The highest BCUT2D eigenvalue weighted by molar-refractivity contribution is 6.31. The Morgan fingerprint density at radius 1 is 1.47 bits per heavy atom. The van der Waals surface area contributed by atoms with Crippen molar-refractivity contribution in [1.29, 1.82) is 0 Å². The van der Waals surface area contributed by atoms with Crippen molar-refractivity contribution in [3.63, 3.8) is 0 Å². The van der Waals surface area contributed by atoms with E-state index in [1.54, 1.807) is 0 Å². The molecule has 3 nitrogen and oxygen atoms in total. The molecule has 0 amide bonds. The van der Waals surface area contributed by atoms with Gasteiger partial charge in [0.25, 0.3) is 0 Å². The van der Waals surface area contributed by atoms with Crippen molar-refractivity contribution in [3.05, 3.63) is 34.3 Å². The minimum absolute atomic E-state index is 0.162. The van der Waals surface area contributed by atoms with Gasteiger partial charge in [-0.1, -0.05) is 17.7 Å². The largest absolute Gasteiger partial charge is 0.468 e. The first-order valence-electron chi connectivity index (χ1n) is 4.47. The van der Waals surface area contributed by atoms with Gasteiger partial charge in [-0.3, -0.25) is 4.79 Å². The third-order valence-corrected chi connectivity index (χ3v) is 2.43. The number of carbonyl (C=O) groups excluding carboxylic acids is 1. The Balaban J connectivity index is 3.09. The lowest BCUT2D eigenvalue weighted by Crippen LogP contribution is -2.22. The van der Waals surface area contributed by atoms with Crippen LogP contribution in [0.15, 0.2) is 18.2 Å². The van der Waals surface area contributed by atoms with E-state index in [1.807, 2.05) is 0 Å². The Labute approximate surface area is 100 Å². The standard InChI is InChI=1S/C10H9ClF3NO2/c1-17-9(16)8(15)5-2-3-6(7(11)4-5)10(12,13)14/h2-4,8H,15H2,1H3/t8-/m1/s1. The molecule has 0 aromatic heterocycles. The maximum Gasteiger partial charge on any atom is 0.417 e. The number of halogens is 4. The third-order valence-electron chi connectivity index (χ3n) is 2.11. The predicted molar refractivity (Wildman–Crippen MR) is 55.4 cm³/mol. The quantitative estimate of drug-likeness (QED) is 0.838. The molecule has 0 unspecified atom stereocenters. The maximum absolute atomic E-state index is 12.4. The number of hydrogen-bond donors (Lipinski definition) is 1. The zero-order valence-electron chi connectivity index (χ0n) is 8.72. The van der Waals surface area contributed by atoms with Crippen LogP contribution in [0, 0.1) is 0 Å². The summed E-state index contributed by atoms with van der Waals surface area (Å²) in [6.07, 6.45) is -4.54. The number of carbonyl (C=O) groups is 1. The van der Waals surface area contributed by atoms with E-state index in [-0.39, 0.29) is 5.56 Å². The molecule has 0 bridgehead atoms. The highest BCUT2D eigenvalue weighted by Gasteiger charge is 2.33. The SMILES string of the molecule is COC(=O)[C@H](N)c1ccc(C(F)(F)F)c(Cl)c1. The minimum Gasteiger partial charge on any atom is -0.468 e. The first kappa shape index (κ1) is 13.8. The second kappa shape index (κ2) is 4.93. The first-order chi connectivity index (χ1) is 7.77.